The van der Waals surface area contributed by atoms with Crippen LogP contribution in [0.25, 0.3) is 0 Å². The smallest absolute Gasteiger partial charge is 0.230 e. The molecule has 1 saturated carbocycles. The first-order chi connectivity index (χ1) is 11.5. The molecule has 4 nitrogen and oxygen atoms in total. The van der Waals surface area contributed by atoms with Gasteiger partial charge in [0, 0.05) is 26.7 Å². The highest BCUT2D eigenvalue weighted by Crippen LogP contribution is 2.48. The Balaban J connectivity index is 1.54. The van der Waals surface area contributed by atoms with Crippen molar-refractivity contribution in [3.63, 3.8) is 0 Å². The average Bonchev–Trinajstić information content (AvgIpc) is 3.24. The number of methoxy groups -OCH3 is 1. The number of nitrogens with one attached hydrogen (secondary N) is 1. The van der Waals surface area contributed by atoms with Gasteiger partial charge in [-0.3, -0.25) is 4.79 Å². The predicted octanol–water partition coefficient (Wildman–Crippen LogP) is 2.42. The summed E-state index contributed by atoms with van der Waals surface area (Å²) in [5.74, 6) is 0.795. The molecule has 1 unspecified atom stereocenters. The molecule has 0 radical (unpaired) electrons. The van der Waals surface area contributed by atoms with Crippen molar-refractivity contribution in [1.82, 2.24) is 10.2 Å². The molecule has 2 fully saturated rings. The molecule has 0 spiro atoms. The summed E-state index contributed by atoms with van der Waals surface area (Å²) < 4.78 is 5.15. The topological polar surface area (TPSA) is 41.6 Å². The molecule has 1 aromatic rings. The van der Waals surface area contributed by atoms with E-state index in [1.807, 2.05) is 0 Å². The van der Waals surface area contributed by atoms with Gasteiger partial charge in [-0.1, -0.05) is 29.3 Å². The molecular weight excluding hydrogens is 300 g/mol. The van der Waals surface area contributed by atoms with Crippen LogP contribution in [0.5, 0.6) is 0 Å². The molecule has 24 heavy (non-hydrogen) atoms. The third kappa shape index (κ3) is 3.81. The number of ether oxygens (including phenoxy) is 1. The van der Waals surface area contributed by atoms with E-state index in [1.54, 1.807) is 7.11 Å². The van der Waals surface area contributed by atoms with Gasteiger partial charge in [-0.2, -0.15) is 0 Å². The monoisotopic (exact) mass is 330 g/mol. The molecule has 1 aliphatic carbocycles. The van der Waals surface area contributed by atoms with Crippen LogP contribution in [0, 0.1) is 19.8 Å². The highest BCUT2D eigenvalue weighted by atomic mass is 16.5. The lowest BCUT2D eigenvalue weighted by Crippen LogP contribution is -2.38. The van der Waals surface area contributed by atoms with Crippen LogP contribution < -0.4 is 5.32 Å². The quantitative estimate of drug-likeness (QED) is 0.835. The molecule has 3 rings (SSSR count). The summed E-state index contributed by atoms with van der Waals surface area (Å²) in [6.45, 7) is 8.98. The third-order valence-electron chi connectivity index (χ3n) is 5.49. The van der Waals surface area contributed by atoms with E-state index in [2.05, 4.69) is 42.3 Å². The summed E-state index contributed by atoms with van der Waals surface area (Å²) in [7, 11) is 1.75. The largest absolute Gasteiger partial charge is 0.383 e. The van der Waals surface area contributed by atoms with E-state index in [0.717, 1.165) is 45.6 Å². The van der Waals surface area contributed by atoms with E-state index in [0.29, 0.717) is 5.92 Å². The Morgan fingerprint density at radius 3 is 2.62 bits per heavy atom. The number of nitrogens with zero attached hydrogens (tertiary/aromatic N) is 1. The van der Waals surface area contributed by atoms with Crippen molar-refractivity contribution in [2.45, 2.75) is 38.5 Å². The minimum atomic E-state index is -0.259. The fourth-order valence-corrected chi connectivity index (χ4v) is 3.93. The van der Waals surface area contributed by atoms with Crippen molar-refractivity contribution in [2.24, 2.45) is 5.92 Å². The molecule has 0 aromatic heterocycles. The summed E-state index contributed by atoms with van der Waals surface area (Å²) in [5, 5.41) is 3.24. The first-order valence-corrected chi connectivity index (χ1v) is 9.12. The van der Waals surface area contributed by atoms with Gasteiger partial charge in [0.1, 0.15) is 0 Å². The molecule has 1 saturated heterocycles. The fraction of sp³-hybridized carbons (Fsp3) is 0.650. The molecule has 1 heterocycles. The molecule has 1 atom stereocenters. The van der Waals surface area contributed by atoms with Crippen LogP contribution in [0.15, 0.2) is 18.2 Å². The Labute approximate surface area is 145 Å². The maximum absolute atomic E-state index is 12.8. The zero-order valence-electron chi connectivity index (χ0n) is 15.2. The highest BCUT2D eigenvalue weighted by Gasteiger charge is 2.51. The summed E-state index contributed by atoms with van der Waals surface area (Å²) in [6.07, 6.45) is 3.12. The number of benzene rings is 1. The van der Waals surface area contributed by atoms with Crippen LogP contribution in [0.3, 0.4) is 0 Å². The molecule has 4 heteroatoms. The zero-order valence-corrected chi connectivity index (χ0v) is 15.2. The third-order valence-corrected chi connectivity index (χ3v) is 5.49. The second-order valence-electron chi connectivity index (χ2n) is 7.62. The first-order valence-electron chi connectivity index (χ1n) is 9.12. The van der Waals surface area contributed by atoms with Crippen LogP contribution >= 0.6 is 0 Å². The maximum atomic E-state index is 12.8. The number of carbonyl (C=O) groups excluding carboxylic acids is 1. The summed E-state index contributed by atoms with van der Waals surface area (Å²) in [5.41, 5.74) is 3.43. The standard InChI is InChI=1S/C20H30N2O2/c1-15-10-16(2)12-18(11-15)20(5-6-20)19(23)21-13-17-4-7-22(14-17)8-9-24-3/h10-12,17H,4-9,13-14H2,1-3H3,(H,21,23). The van der Waals surface area contributed by atoms with Gasteiger partial charge in [0.2, 0.25) is 5.91 Å². The van der Waals surface area contributed by atoms with Gasteiger partial charge in [0.15, 0.2) is 0 Å². The fourth-order valence-electron chi connectivity index (χ4n) is 3.93. The van der Waals surface area contributed by atoms with Gasteiger partial charge in [0.05, 0.1) is 12.0 Å². The van der Waals surface area contributed by atoms with Gasteiger partial charge >= 0.3 is 0 Å². The molecule has 2 aliphatic rings. The van der Waals surface area contributed by atoms with E-state index in [4.69, 9.17) is 4.74 Å². The van der Waals surface area contributed by atoms with Crippen LogP contribution in [-0.2, 0) is 14.9 Å². The lowest BCUT2D eigenvalue weighted by molar-refractivity contribution is -0.123. The van der Waals surface area contributed by atoms with Gasteiger partial charge in [-0.05, 0) is 51.1 Å². The van der Waals surface area contributed by atoms with E-state index < -0.39 is 0 Å². The maximum Gasteiger partial charge on any atom is 0.230 e. The number of rotatable bonds is 7. The Kier molecular flexibility index (Phi) is 5.26. The number of aryl methyl sites for hydroxylation is 2. The average molecular weight is 330 g/mol. The number of hydrogen-bond acceptors (Lipinski definition) is 3. The lowest BCUT2D eigenvalue weighted by Gasteiger charge is -2.19. The first kappa shape index (κ1) is 17.4. The number of amides is 1. The Bertz CT molecular complexity index is 575. The number of likely N-dealkylation sites (tertiary alicyclic amines) is 1. The van der Waals surface area contributed by atoms with Crippen LogP contribution in [0.1, 0.15) is 36.0 Å². The Morgan fingerprint density at radius 2 is 2.00 bits per heavy atom. The summed E-state index contributed by atoms with van der Waals surface area (Å²) in [6, 6.07) is 6.54. The highest BCUT2D eigenvalue weighted by molar-refractivity contribution is 5.91. The second-order valence-corrected chi connectivity index (χ2v) is 7.62. The SMILES string of the molecule is COCCN1CCC(CNC(=O)C2(c3cc(C)cc(C)c3)CC2)C1. The molecule has 132 valence electrons. The van der Waals surface area contributed by atoms with Gasteiger partial charge in [-0.25, -0.2) is 0 Å². The van der Waals surface area contributed by atoms with Crippen molar-refractivity contribution < 1.29 is 9.53 Å². The van der Waals surface area contributed by atoms with Gasteiger partial charge in [-0.15, -0.1) is 0 Å². The van der Waals surface area contributed by atoms with Crippen molar-refractivity contribution in [3.05, 3.63) is 34.9 Å². The lowest BCUT2D eigenvalue weighted by atomic mass is 9.92. The van der Waals surface area contributed by atoms with E-state index in [1.165, 1.54) is 23.1 Å². The van der Waals surface area contributed by atoms with E-state index >= 15 is 0 Å². The van der Waals surface area contributed by atoms with E-state index in [-0.39, 0.29) is 11.3 Å². The predicted molar refractivity (Wildman–Crippen MR) is 96.3 cm³/mol. The Hall–Kier alpha value is -1.39. The molecule has 1 amide bonds. The van der Waals surface area contributed by atoms with Crippen LogP contribution in [0.2, 0.25) is 0 Å². The van der Waals surface area contributed by atoms with Crippen molar-refractivity contribution >= 4 is 5.91 Å². The molecule has 1 aliphatic heterocycles. The van der Waals surface area contributed by atoms with E-state index in [9.17, 15) is 4.79 Å². The summed E-state index contributed by atoms with van der Waals surface area (Å²) >= 11 is 0. The molecule has 1 N–H and O–H groups in total. The second kappa shape index (κ2) is 7.24. The van der Waals surface area contributed by atoms with Gasteiger partial charge in [0.25, 0.3) is 0 Å². The number of carbonyl (C=O) groups is 1. The van der Waals surface area contributed by atoms with Gasteiger partial charge < -0.3 is 15.0 Å². The van der Waals surface area contributed by atoms with Crippen LogP contribution in [-0.4, -0.2) is 50.7 Å². The Morgan fingerprint density at radius 1 is 1.29 bits per heavy atom. The zero-order chi connectivity index (χ0) is 17.2. The van der Waals surface area contributed by atoms with Crippen molar-refractivity contribution in [3.8, 4) is 0 Å². The van der Waals surface area contributed by atoms with Crippen LogP contribution in [0.4, 0.5) is 0 Å². The van der Waals surface area contributed by atoms with Crippen molar-refractivity contribution in [1.29, 1.82) is 0 Å². The molecular formula is C20H30N2O2. The normalized spacial score (nSPS) is 22.5. The summed E-state index contributed by atoms with van der Waals surface area (Å²) in [4.78, 5) is 15.2. The number of hydrogen-bond donors (Lipinski definition) is 1. The minimum absolute atomic E-state index is 0.225. The minimum Gasteiger partial charge on any atom is -0.383 e. The molecule has 0 bridgehead atoms. The van der Waals surface area contributed by atoms with Crippen molar-refractivity contribution in [2.75, 3.05) is 39.9 Å². The molecule has 1 aromatic carbocycles.